The van der Waals surface area contributed by atoms with Gasteiger partial charge in [-0.1, -0.05) is 6.07 Å². The van der Waals surface area contributed by atoms with Crippen molar-refractivity contribution in [1.29, 1.82) is 0 Å². The molecule has 5 heteroatoms. The van der Waals surface area contributed by atoms with Gasteiger partial charge in [-0.3, -0.25) is 4.79 Å². The maximum atomic E-state index is 13.0. The molecular formula is C17H19FN2O2. The zero-order valence-electron chi connectivity index (χ0n) is 12.3. The molecule has 0 spiro atoms. The lowest BCUT2D eigenvalue weighted by atomic mass is 10.1. The summed E-state index contributed by atoms with van der Waals surface area (Å²) in [6, 6.07) is 10.3. The molecule has 0 bridgehead atoms. The Bertz CT molecular complexity index is 619. The maximum Gasteiger partial charge on any atom is 0.260 e. The number of likely N-dealkylation sites (tertiary alicyclic amines) is 1. The van der Waals surface area contributed by atoms with Crippen molar-refractivity contribution in [1.82, 2.24) is 9.47 Å². The number of aromatic nitrogens is 1. The average Bonchev–Trinajstić information content (AvgIpc) is 3.07. The topological polar surface area (TPSA) is 34.5 Å². The van der Waals surface area contributed by atoms with Crippen molar-refractivity contribution in [2.45, 2.75) is 18.9 Å². The first-order valence-corrected chi connectivity index (χ1v) is 7.51. The van der Waals surface area contributed by atoms with Crippen LogP contribution >= 0.6 is 0 Å². The van der Waals surface area contributed by atoms with Gasteiger partial charge in [0.1, 0.15) is 11.6 Å². The number of piperidine rings is 1. The smallest absolute Gasteiger partial charge is 0.260 e. The Kier molecular flexibility index (Phi) is 4.42. The van der Waals surface area contributed by atoms with Crippen LogP contribution in [0.3, 0.4) is 0 Å². The van der Waals surface area contributed by atoms with Crippen LogP contribution in [0, 0.1) is 5.82 Å². The molecular weight excluding hydrogens is 283 g/mol. The molecule has 0 aliphatic carbocycles. The highest BCUT2D eigenvalue weighted by Gasteiger charge is 2.23. The number of hydrogen-bond acceptors (Lipinski definition) is 2. The summed E-state index contributed by atoms with van der Waals surface area (Å²) in [4.78, 5) is 14.0. The molecule has 1 fully saturated rings. The number of carbonyl (C=O) groups excluding carboxylic acids is 1. The van der Waals surface area contributed by atoms with Crippen LogP contribution in [0.2, 0.25) is 0 Å². The van der Waals surface area contributed by atoms with Gasteiger partial charge in [-0.15, -0.1) is 0 Å². The van der Waals surface area contributed by atoms with E-state index in [1.165, 1.54) is 12.1 Å². The van der Waals surface area contributed by atoms with Crippen molar-refractivity contribution in [2.24, 2.45) is 0 Å². The second-order valence-electron chi connectivity index (χ2n) is 5.49. The van der Waals surface area contributed by atoms with Crippen LogP contribution in [-0.2, 0) is 4.79 Å². The van der Waals surface area contributed by atoms with E-state index in [9.17, 15) is 9.18 Å². The lowest BCUT2D eigenvalue weighted by Crippen LogP contribution is -2.41. The molecule has 1 amide bonds. The third-order valence-corrected chi connectivity index (χ3v) is 4.02. The standard InChI is InChI=1S/C17H19FN2O2/c18-14-4-3-5-16(12-14)22-13-17(21)20-10-6-15(7-11-20)19-8-1-2-9-19/h1-5,8-9,12,15H,6-7,10-11,13H2. The zero-order valence-corrected chi connectivity index (χ0v) is 12.3. The number of carbonyl (C=O) groups is 1. The van der Waals surface area contributed by atoms with Crippen LogP contribution in [-0.4, -0.2) is 35.1 Å². The number of hydrogen-bond donors (Lipinski definition) is 0. The highest BCUT2D eigenvalue weighted by molar-refractivity contribution is 5.77. The molecule has 2 heterocycles. The summed E-state index contributed by atoms with van der Waals surface area (Å²) >= 11 is 0. The Balaban J connectivity index is 1.48. The fourth-order valence-electron chi connectivity index (χ4n) is 2.80. The minimum atomic E-state index is -0.363. The van der Waals surface area contributed by atoms with Gasteiger partial charge >= 0.3 is 0 Å². The molecule has 0 saturated carbocycles. The molecule has 1 aromatic carbocycles. The number of ether oxygens (including phenoxy) is 1. The predicted molar refractivity (Wildman–Crippen MR) is 81.2 cm³/mol. The largest absolute Gasteiger partial charge is 0.484 e. The monoisotopic (exact) mass is 302 g/mol. The molecule has 3 rings (SSSR count). The van der Waals surface area contributed by atoms with E-state index in [-0.39, 0.29) is 18.3 Å². The molecule has 0 unspecified atom stereocenters. The summed E-state index contributed by atoms with van der Waals surface area (Å²) in [7, 11) is 0. The van der Waals surface area contributed by atoms with Gasteiger partial charge in [0.2, 0.25) is 0 Å². The molecule has 0 radical (unpaired) electrons. The molecule has 0 N–H and O–H groups in total. The van der Waals surface area contributed by atoms with Crippen LogP contribution in [0.4, 0.5) is 4.39 Å². The van der Waals surface area contributed by atoms with Gasteiger partial charge in [0.25, 0.3) is 5.91 Å². The highest BCUT2D eigenvalue weighted by atomic mass is 19.1. The number of halogens is 1. The van der Waals surface area contributed by atoms with E-state index in [1.807, 2.05) is 17.0 Å². The average molecular weight is 302 g/mol. The van der Waals surface area contributed by atoms with Crippen molar-refractivity contribution in [3.8, 4) is 5.75 Å². The summed E-state index contributed by atoms with van der Waals surface area (Å²) in [5.41, 5.74) is 0. The van der Waals surface area contributed by atoms with Crippen molar-refractivity contribution in [3.05, 3.63) is 54.6 Å². The van der Waals surface area contributed by atoms with E-state index in [2.05, 4.69) is 17.0 Å². The number of rotatable bonds is 4. The Morgan fingerprint density at radius 2 is 1.91 bits per heavy atom. The van der Waals surface area contributed by atoms with Crippen LogP contribution in [0.5, 0.6) is 5.75 Å². The summed E-state index contributed by atoms with van der Waals surface area (Å²) < 4.78 is 20.6. The molecule has 22 heavy (non-hydrogen) atoms. The second-order valence-corrected chi connectivity index (χ2v) is 5.49. The first kappa shape index (κ1) is 14.6. The third kappa shape index (κ3) is 3.47. The third-order valence-electron chi connectivity index (χ3n) is 4.02. The first-order valence-electron chi connectivity index (χ1n) is 7.51. The van der Waals surface area contributed by atoms with Crippen LogP contribution in [0.25, 0.3) is 0 Å². The molecule has 0 atom stereocenters. The van der Waals surface area contributed by atoms with E-state index >= 15 is 0 Å². The van der Waals surface area contributed by atoms with Crippen LogP contribution in [0.15, 0.2) is 48.8 Å². The van der Waals surface area contributed by atoms with E-state index < -0.39 is 0 Å². The van der Waals surface area contributed by atoms with Gasteiger partial charge in [0.15, 0.2) is 6.61 Å². The van der Waals surface area contributed by atoms with E-state index in [0.29, 0.717) is 11.8 Å². The lowest BCUT2D eigenvalue weighted by Gasteiger charge is -2.32. The fraction of sp³-hybridized carbons (Fsp3) is 0.353. The second kappa shape index (κ2) is 6.64. The normalized spacial score (nSPS) is 15.8. The van der Waals surface area contributed by atoms with Gasteiger partial charge in [0.05, 0.1) is 0 Å². The minimum absolute atomic E-state index is 0.0440. The summed E-state index contributed by atoms with van der Waals surface area (Å²) in [5.74, 6) is -0.0247. The molecule has 4 nitrogen and oxygen atoms in total. The van der Waals surface area contributed by atoms with Gasteiger partial charge in [-0.2, -0.15) is 0 Å². The maximum absolute atomic E-state index is 13.0. The first-order chi connectivity index (χ1) is 10.7. The zero-order chi connectivity index (χ0) is 15.4. The Hall–Kier alpha value is -2.30. The number of benzene rings is 1. The van der Waals surface area contributed by atoms with E-state index in [1.54, 1.807) is 12.1 Å². The van der Waals surface area contributed by atoms with Crippen LogP contribution in [0.1, 0.15) is 18.9 Å². The Morgan fingerprint density at radius 3 is 2.59 bits per heavy atom. The molecule has 1 aliphatic heterocycles. The molecule has 1 saturated heterocycles. The predicted octanol–water partition coefficient (Wildman–Crippen LogP) is 2.87. The quantitative estimate of drug-likeness (QED) is 0.870. The molecule has 116 valence electrons. The van der Waals surface area contributed by atoms with Gasteiger partial charge in [-0.05, 0) is 37.1 Å². The molecule has 1 aliphatic rings. The Labute approximate surface area is 129 Å². The minimum Gasteiger partial charge on any atom is -0.484 e. The van der Waals surface area contributed by atoms with E-state index in [0.717, 1.165) is 25.9 Å². The van der Waals surface area contributed by atoms with Gasteiger partial charge in [-0.25, -0.2) is 4.39 Å². The highest BCUT2D eigenvalue weighted by Crippen LogP contribution is 2.22. The van der Waals surface area contributed by atoms with Crippen molar-refractivity contribution < 1.29 is 13.9 Å². The number of nitrogens with zero attached hydrogens (tertiary/aromatic N) is 2. The number of amides is 1. The lowest BCUT2D eigenvalue weighted by molar-refractivity contribution is -0.134. The van der Waals surface area contributed by atoms with Gasteiger partial charge in [0, 0.05) is 37.6 Å². The molecule has 2 aromatic rings. The summed E-state index contributed by atoms with van der Waals surface area (Å²) in [6.07, 6.45) is 6.02. The van der Waals surface area contributed by atoms with Crippen molar-refractivity contribution in [3.63, 3.8) is 0 Å². The van der Waals surface area contributed by atoms with E-state index in [4.69, 9.17) is 4.74 Å². The van der Waals surface area contributed by atoms with Gasteiger partial charge < -0.3 is 14.2 Å². The van der Waals surface area contributed by atoms with Crippen LogP contribution < -0.4 is 4.74 Å². The van der Waals surface area contributed by atoms with Crippen molar-refractivity contribution in [2.75, 3.05) is 19.7 Å². The molecule has 1 aromatic heterocycles. The summed E-state index contributed by atoms with van der Waals surface area (Å²) in [5, 5.41) is 0. The fourth-order valence-corrected chi connectivity index (χ4v) is 2.80. The Morgan fingerprint density at radius 1 is 1.18 bits per heavy atom. The summed E-state index contributed by atoms with van der Waals surface area (Å²) in [6.45, 7) is 1.42. The van der Waals surface area contributed by atoms with Crippen molar-refractivity contribution >= 4 is 5.91 Å². The SMILES string of the molecule is O=C(COc1cccc(F)c1)N1CCC(n2cccc2)CC1.